The zero-order valence-corrected chi connectivity index (χ0v) is 9.59. The molecule has 1 aromatic carbocycles. The highest BCUT2D eigenvalue weighted by Gasteiger charge is 2.06. The van der Waals surface area contributed by atoms with Crippen LogP contribution in [0.1, 0.15) is 15.9 Å². The van der Waals surface area contributed by atoms with Gasteiger partial charge in [0, 0.05) is 10.0 Å². The highest BCUT2D eigenvalue weighted by Crippen LogP contribution is 2.16. The molecule has 0 spiro atoms. The van der Waals surface area contributed by atoms with Crippen molar-refractivity contribution in [3.63, 3.8) is 0 Å². The summed E-state index contributed by atoms with van der Waals surface area (Å²) in [4.78, 5) is 21.8. The lowest BCUT2D eigenvalue weighted by molar-refractivity contribution is 0.0937. The third-order valence-corrected chi connectivity index (χ3v) is 2.61. The van der Waals surface area contributed by atoms with Gasteiger partial charge in [-0.3, -0.25) is 10.2 Å². The topological polar surface area (TPSA) is 84.2 Å². The van der Waals surface area contributed by atoms with Crippen molar-refractivity contribution in [1.82, 2.24) is 10.9 Å². The number of halogens is 1. The highest BCUT2D eigenvalue weighted by atomic mass is 79.9. The summed E-state index contributed by atoms with van der Waals surface area (Å²) in [5.41, 5.74) is 10.4. The quantitative estimate of drug-likeness (QED) is 0.668. The molecule has 0 unspecified atom stereocenters. The molecule has 3 amide bonds. The van der Waals surface area contributed by atoms with E-state index >= 15 is 0 Å². The second-order valence-corrected chi connectivity index (χ2v) is 3.76. The molecule has 15 heavy (non-hydrogen) atoms. The summed E-state index contributed by atoms with van der Waals surface area (Å²) in [6.45, 7) is 1.86. The number of hydrogen-bond acceptors (Lipinski definition) is 2. The lowest BCUT2D eigenvalue weighted by Crippen LogP contribution is -2.44. The van der Waals surface area contributed by atoms with Crippen LogP contribution < -0.4 is 16.6 Å². The van der Waals surface area contributed by atoms with E-state index in [1.54, 1.807) is 18.2 Å². The fourth-order valence-corrected chi connectivity index (χ4v) is 1.22. The second kappa shape index (κ2) is 4.79. The number of hydrogen-bond donors (Lipinski definition) is 3. The van der Waals surface area contributed by atoms with Crippen LogP contribution in [0.2, 0.25) is 0 Å². The number of primary amides is 1. The van der Waals surface area contributed by atoms with Gasteiger partial charge in [0.25, 0.3) is 5.91 Å². The predicted molar refractivity (Wildman–Crippen MR) is 59.1 cm³/mol. The maximum Gasteiger partial charge on any atom is 0.330 e. The second-order valence-electron chi connectivity index (χ2n) is 2.91. The van der Waals surface area contributed by atoms with Gasteiger partial charge in [-0.1, -0.05) is 15.9 Å². The molecule has 0 atom stereocenters. The molecule has 0 heterocycles. The van der Waals surface area contributed by atoms with E-state index in [0.29, 0.717) is 5.56 Å². The Bertz CT molecular complexity index is 406. The van der Waals surface area contributed by atoms with Crippen LogP contribution in [0.4, 0.5) is 4.79 Å². The molecular formula is C9H10BrN3O2. The molecular weight excluding hydrogens is 262 g/mol. The predicted octanol–water partition coefficient (Wildman–Crippen LogP) is 1.07. The van der Waals surface area contributed by atoms with E-state index in [-0.39, 0.29) is 0 Å². The van der Waals surface area contributed by atoms with E-state index < -0.39 is 11.9 Å². The van der Waals surface area contributed by atoms with Crippen LogP contribution >= 0.6 is 15.9 Å². The third-order valence-electron chi connectivity index (χ3n) is 1.72. The molecule has 0 aliphatic carbocycles. The Morgan fingerprint density at radius 2 is 2.00 bits per heavy atom. The minimum Gasteiger partial charge on any atom is -0.350 e. The fraction of sp³-hybridized carbons (Fsp3) is 0.111. The fourth-order valence-electron chi connectivity index (χ4n) is 0.976. The van der Waals surface area contributed by atoms with E-state index in [1.165, 1.54) is 0 Å². The molecule has 0 saturated carbocycles. The summed E-state index contributed by atoms with van der Waals surface area (Å²) in [5, 5.41) is 0. The molecule has 80 valence electrons. The van der Waals surface area contributed by atoms with E-state index in [9.17, 15) is 9.59 Å². The van der Waals surface area contributed by atoms with E-state index in [2.05, 4.69) is 21.4 Å². The number of nitrogens with two attached hydrogens (primary N) is 1. The van der Waals surface area contributed by atoms with Gasteiger partial charge in [-0.05, 0) is 30.7 Å². The Hall–Kier alpha value is -1.56. The molecule has 0 radical (unpaired) electrons. The smallest absolute Gasteiger partial charge is 0.330 e. The van der Waals surface area contributed by atoms with E-state index in [1.807, 2.05) is 12.3 Å². The maximum absolute atomic E-state index is 11.4. The number of rotatable bonds is 1. The first-order valence-corrected chi connectivity index (χ1v) is 4.92. The zero-order chi connectivity index (χ0) is 11.4. The summed E-state index contributed by atoms with van der Waals surface area (Å²) in [6.07, 6.45) is 0. The van der Waals surface area contributed by atoms with Gasteiger partial charge in [0.05, 0.1) is 0 Å². The molecule has 0 saturated heterocycles. The molecule has 5 nitrogen and oxygen atoms in total. The lowest BCUT2D eigenvalue weighted by atomic mass is 10.1. The summed E-state index contributed by atoms with van der Waals surface area (Å²) in [7, 11) is 0. The Kier molecular flexibility index (Phi) is 3.68. The third kappa shape index (κ3) is 3.25. The van der Waals surface area contributed by atoms with Crippen molar-refractivity contribution in [3.8, 4) is 0 Å². The summed E-state index contributed by atoms with van der Waals surface area (Å²) in [5.74, 6) is -0.413. The van der Waals surface area contributed by atoms with Crippen molar-refractivity contribution in [2.45, 2.75) is 6.92 Å². The van der Waals surface area contributed by atoms with Crippen molar-refractivity contribution in [2.24, 2.45) is 5.73 Å². The molecule has 0 aromatic heterocycles. The van der Waals surface area contributed by atoms with Crippen LogP contribution in [-0.4, -0.2) is 11.9 Å². The molecule has 0 bridgehead atoms. The van der Waals surface area contributed by atoms with Gasteiger partial charge in [-0.25, -0.2) is 10.2 Å². The highest BCUT2D eigenvalue weighted by molar-refractivity contribution is 9.10. The van der Waals surface area contributed by atoms with Crippen LogP contribution in [0, 0.1) is 6.92 Å². The zero-order valence-electron chi connectivity index (χ0n) is 8.00. The first-order valence-electron chi connectivity index (χ1n) is 4.12. The number of carbonyl (C=O) groups is 2. The molecule has 1 rings (SSSR count). The molecule has 1 aromatic rings. The number of hydrazine groups is 1. The molecule has 0 fully saturated rings. The molecule has 6 heteroatoms. The van der Waals surface area contributed by atoms with Crippen LogP contribution in [0.15, 0.2) is 22.7 Å². The van der Waals surface area contributed by atoms with Crippen molar-refractivity contribution >= 4 is 27.9 Å². The van der Waals surface area contributed by atoms with Crippen LogP contribution in [-0.2, 0) is 0 Å². The van der Waals surface area contributed by atoms with Gasteiger partial charge in [0.15, 0.2) is 0 Å². The van der Waals surface area contributed by atoms with Crippen molar-refractivity contribution in [3.05, 3.63) is 33.8 Å². The van der Waals surface area contributed by atoms with Gasteiger partial charge in [-0.2, -0.15) is 0 Å². The minimum atomic E-state index is -0.808. The van der Waals surface area contributed by atoms with Gasteiger partial charge in [0.1, 0.15) is 0 Å². The average Bonchev–Trinajstić information content (AvgIpc) is 2.18. The molecule has 0 aliphatic heterocycles. The van der Waals surface area contributed by atoms with Crippen molar-refractivity contribution in [2.75, 3.05) is 0 Å². The lowest BCUT2D eigenvalue weighted by Gasteiger charge is -2.06. The van der Waals surface area contributed by atoms with Crippen molar-refractivity contribution in [1.29, 1.82) is 0 Å². The number of aryl methyl sites for hydroxylation is 1. The number of amides is 3. The van der Waals surface area contributed by atoms with Gasteiger partial charge in [0.2, 0.25) is 0 Å². The van der Waals surface area contributed by atoms with Crippen molar-refractivity contribution < 1.29 is 9.59 Å². The molecule has 0 aliphatic rings. The number of urea groups is 1. The first-order chi connectivity index (χ1) is 7.00. The van der Waals surface area contributed by atoms with Gasteiger partial charge in [-0.15, -0.1) is 0 Å². The Morgan fingerprint density at radius 3 is 2.53 bits per heavy atom. The minimum absolute atomic E-state index is 0.413. The monoisotopic (exact) mass is 271 g/mol. The summed E-state index contributed by atoms with van der Waals surface area (Å²) < 4.78 is 0.918. The van der Waals surface area contributed by atoms with Gasteiger partial charge < -0.3 is 5.73 Å². The normalized spacial score (nSPS) is 9.47. The Labute approximate surface area is 95.1 Å². The summed E-state index contributed by atoms with van der Waals surface area (Å²) in [6, 6.07) is 4.28. The van der Waals surface area contributed by atoms with Crippen LogP contribution in [0.5, 0.6) is 0 Å². The SMILES string of the molecule is Cc1cc(C(=O)NNC(N)=O)ccc1Br. The van der Waals surface area contributed by atoms with Crippen LogP contribution in [0.25, 0.3) is 0 Å². The number of carbonyl (C=O) groups excluding carboxylic acids is 2. The summed E-state index contributed by atoms with van der Waals surface area (Å²) >= 11 is 3.32. The van der Waals surface area contributed by atoms with E-state index in [0.717, 1.165) is 10.0 Å². The maximum atomic E-state index is 11.4. The largest absolute Gasteiger partial charge is 0.350 e. The molecule has 4 N–H and O–H groups in total. The van der Waals surface area contributed by atoms with Gasteiger partial charge >= 0.3 is 6.03 Å². The number of nitrogens with one attached hydrogen (secondary N) is 2. The average molecular weight is 272 g/mol. The first kappa shape index (κ1) is 11.5. The standard InChI is InChI=1S/C9H10BrN3O2/c1-5-4-6(2-3-7(5)10)8(14)12-13-9(11)15/h2-4H,1H3,(H,12,14)(H3,11,13,15). The Balaban J connectivity index is 2.74. The number of benzene rings is 1. The Morgan fingerprint density at radius 1 is 1.33 bits per heavy atom. The van der Waals surface area contributed by atoms with Crippen LogP contribution in [0.3, 0.4) is 0 Å². The van der Waals surface area contributed by atoms with E-state index in [4.69, 9.17) is 5.73 Å².